The van der Waals surface area contributed by atoms with Crippen LogP contribution in [0.5, 0.6) is 11.5 Å². The molecule has 0 amide bonds. The summed E-state index contributed by atoms with van der Waals surface area (Å²) in [6, 6.07) is 15.6. The molecule has 0 aromatic heterocycles. The molecule has 0 saturated carbocycles. The molecule has 1 N–H and O–H groups in total. The number of para-hydroxylation sites is 2. The lowest BCUT2D eigenvalue weighted by Crippen LogP contribution is -2.24. The molecule has 0 radical (unpaired) electrons. The Morgan fingerprint density at radius 2 is 1.71 bits per heavy atom. The molecular weight excluding hydrogens is 264 g/mol. The maximum Gasteiger partial charge on any atom is 0.161 e. The summed E-state index contributed by atoms with van der Waals surface area (Å²) in [4.78, 5) is 0. The Balaban J connectivity index is 1.86. The Hall–Kier alpha value is -2.00. The van der Waals surface area contributed by atoms with Gasteiger partial charge in [-0.1, -0.05) is 36.4 Å². The zero-order chi connectivity index (χ0) is 14.7. The van der Waals surface area contributed by atoms with Crippen molar-refractivity contribution in [2.45, 2.75) is 31.5 Å². The van der Waals surface area contributed by atoms with Crippen LogP contribution in [0.4, 0.5) is 0 Å². The van der Waals surface area contributed by atoms with E-state index in [1.165, 1.54) is 5.56 Å². The highest BCUT2D eigenvalue weighted by Crippen LogP contribution is 2.34. The van der Waals surface area contributed by atoms with Crippen LogP contribution in [0.15, 0.2) is 48.5 Å². The Labute approximate surface area is 125 Å². The molecule has 2 aromatic rings. The Bertz CT molecular complexity index is 609. The van der Waals surface area contributed by atoms with Crippen molar-refractivity contribution in [3.8, 4) is 11.5 Å². The second-order valence-corrected chi connectivity index (χ2v) is 5.34. The molecule has 2 unspecified atom stereocenters. The van der Waals surface area contributed by atoms with E-state index in [4.69, 9.17) is 9.47 Å². The molecule has 2 atom stereocenters. The van der Waals surface area contributed by atoms with Crippen LogP contribution in [-0.4, -0.2) is 18.3 Å². The number of aliphatic hydroxyl groups is 1. The van der Waals surface area contributed by atoms with E-state index in [1.807, 2.05) is 42.5 Å². The summed E-state index contributed by atoms with van der Waals surface area (Å²) in [5.41, 5.74) is 2.20. The van der Waals surface area contributed by atoms with Crippen LogP contribution in [-0.2, 0) is 6.42 Å². The molecule has 2 aromatic carbocycles. The van der Waals surface area contributed by atoms with E-state index in [0.29, 0.717) is 11.5 Å². The second-order valence-electron chi connectivity index (χ2n) is 5.34. The average molecular weight is 284 g/mol. The van der Waals surface area contributed by atoms with Crippen molar-refractivity contribution in [2.75, 3.05) is 7.11 Å². The molecule has 110 valence electrons. The van der Waals surface area contributed by atoms with E-state index in [2.05, 4.69) is 6.07 Å². The quantitative estimate of drug-likeness (QED) is 0.877. The van der Waals surface area contributed by atoms with E-state index < -0.39 is 6.10 Å². The predicted molar refractivity (Wildman–Crippen MR) is 81.7 cm³/mol. The van der Waals surface area contributed by atoms with Crippen LogP contribution in [0.3, 0.4) is 0 Å². The van der Waals surface area contributed by atoms with Gasteiger partial charge in [-0.05, 0) is 42.5 Å². The number of hydrogen-bond donors (Lipinski definition) is 1. The van der Waals surface area contributed by atoms with Crippen LogP contribution in [0.2, 0.25) is 0 Å². The van der Waals surface area contributed by atoms with Gasteiger partial charge in [0.1, 0.15) is 12.2 Å². The summed E-state index contributed by atoms with van der Waals surface area (Å²) in [5, 5.41) is 10.7. The predicted octanol–water partition coefficient (Wildman–Crippen LogP) is 3.51. The first kappa shape index (κ1) is 14.0. The highest BCUT2D eigenvalue weighted by Gasteiger charge is 2.28. The summed E-state index contributed by atoms with van der Waals surface area (Å²) < 4.78 is 11.4. The first-order valence-electron chi connectivity index (χ1n) is 7.35. The van der Waals surface area contributed by atoms with Crippen molar-refractivity contribution in [2.24, 2.45) is 0 Å². The fourth-order valence-corrected chi connectivity index (χ4v) is 2.90. The maximum absolute atomic E-state index is 10.7. The van der Waals surface area contributed by atoms with E-state index in [-0.39, 0.29) is 6.10 Å². The van der Waals surface area contributed by atoms with Gasteiger partial charge in [0.05, 0.1) is 7.11 Å². The van der Waals surface area contributed by atoms with Crippen molar-refractivity contribution >= 4 is 0 Å². The Morgan fingerprint density at radius 1 is 1.00 bits per heavy atom. The average Bonchev–Trinajstić information content (AvgIpc) is 2.68. The van der Waals surface area contributed by atoms with E-state index >= 15 is 0 Å². The lowest BCUT2D eigenvalue weighted by atomic mass is 10.0. The van der Waals surface area contributed by atoms with Crippen molar-refractivity contribution in [1.29, 1.82) is 0 Å². The fourth-order valence-electron chi connectivity index (χ4n) is 2.90. The number of fused-ring (bicyclic) bond motifs is 1. The van der Waals surface area contributed by atoms with Gasteiger partial charge in [0.15, 0.2) is 11.5 Å². The Kier molecular flexibility index (Phi) is 4.11. The first-order chi connectivity index (χ1) is 10.3. The minimum absolute atomic E-state index is 0.245. The summed E-state index contributed by atoms with van der Waals surface area (Å²) >= 11 is 0. The number of hydrogen-bond acceptors (Lipinski definition) is 3. The van der Waals surface area contributed by atoms with Crippen LogP contribution < -0.4 is 9.47 Å². The third kappa shape index (κ3) is 2.88. The number of methoxy groups -OCH3 is 1. The molecule has 0 heterocycles. The number of aryl methyl sites for hydroxylation is 1. The number of rotatable bonds is 3. The van der Waals surface area contributed by atoms with Gasteiger partial charge in [0, 0.05) is 0 Å². The second kappa shape index (κ2) is 6.19. The van der Waals surface area contributed by atoms with Gasteiger partial charge in [0.25, 0.3) is 0 Å². The third-order valence-electron chi connectivity index (χ3n) is 4.01. The highest BCUT2D eigenvalue weighted by molar-refractivity contribution is 5.40. The van der Waals surface area contributed by atoms with Crippen LogP contribution in [0.25, 0.3) is 0 Å². The summed E-state index contributed by atoms with van der Waals surface area (Å²) in [7, 11) is 1.63. The SMILES string of the molecule is COc1ccccc1OC1CCCc2ccccc2C1O. The first-order valence-corrected chi connectivity index (χ1v) is 7.35. The molecule has 21 heavy (non-hydrogen) atoms. The van der Waals surface area contributed by atoms with Crippen LogP contribution in [0.1, 0.15) is 30.1 Å². The molecular formula is C18H20O3. The van der Waals surface area contributed by atoms with Gasteiger partial charge in [-0.3, -0.25) is 0 Å². The molecule has 0 fully saturated rings. The smallest absolute Gasteiger partial charge is 0.161 e. The van der Waals surface area contributed by atoms with E-state index in [9.17, 15) is 5.11 Å². The normalized spacial score (nSPS) is 21.2. The molecule has 0 aliphatic heterocycles. The van der Waals surface area contributed by atoms with Gasteiger partial charge < -0.3 is 14.6 Å². The van der Waals surface area contributed by atoms with Gasteiger partial charge in [-0.15, -0.1) is 0 Å². The minimum Gasteiger partial charge on any atom is -0.493 e. The van der Waals surface area contributed by atoms with Crippen molar-refractivity contribution in [1.82, 2.24) is 0 Å². The number of aliphatic hydroxyl groups excluding tert-OH is 1. The monoisotopic (exact) mass is 284 g/mol. The van der Waals surface area contributed by atoms with Crippen molar-refractivity contribution < 1.29 is 14.6 Å². The minimum atomic E-state index is -0.603. The van der Waals surface area contributed by atoms with Gasteiger partial charge in [-0.2, -0.15) is 0 Å². The van der Waals surface area contributed by atoms with Gasteiger partial charge in [0.2, 0.25) is 0 Å². The molecule has 0 spiro atoms. The molecule has 0 saturated heterocycles. The third-order valence-corrected chi connectivity index (χ3v) is 4.01. The summed E-state index contributed by atoms with van der Waals surface area (Å²) in [5.74, 6) is 1.38. The summed E-state index contributed by atoms with van der Waals surface area (Å²) in [6.45, 7) is 0. The highest BCUT2D eigenvalue weighted by atomic mass is 16.5. The van der Waals surface area contributed by atoms with E-state index in [1.54, 1.807) is 7.11 Å². The van der Waals surface area contributed by atoms with Crippen LogP contribution in [0, 0.1) is 0 Å². The molecule has 0 bridgehead atoms. The van der Waals surface area contributed by atoms with Gasteiger partial charge >= 0.3 is 0 Å². The molecule has 1 aliphatic carbocycles. The number of benzene rings is 2. The lowest BCUT2D eigenvalue weighted by Gasteiger charge is -2.24. The Morgan fingerprint density at radius 3 is 2.52 bits per heavy atom. The molecule has 1 aliphatic rings. The zero-order valence-electron chi connectivity index (χ0n) is 12.2. The zero-order valence-corrected chi connectivity index (χ0v) is 12.2. The van der Waals surface area contributed by atoms with Gasteiger partial charge in [-0.25, -0.2) is 0 Å². The maximum atomic E-state index is 10.7. The number of ether oxygens (including phenoxy) is 2. The van der Waals surface area contributed by atoms with E-state index in [0.717, 1.165) is 24.8 Å². The van der Waals surface area contributed by atoms with Crippen molar-refractivity contribution in [3.05, 3.63) is 59.7 Å². The summed E-state index contributed by atoms with van der Waals surface area (Å²) in [6.07, 6.45) is 1.97. The van der Waals surface area contributed by atoms with Crippen LogP contribution >= 0.6 is 0 Å². The molecule has 3 rings (SSSR count). The van der Waals surface area contributed by atoms with Crippen molar-refractivity contribution in [3.63, 3.8) is 0 Å². The largest absolute Gasteiger partial charge is 0.493 e. The lowest BCUT2D eigenvalue weighted by molar-refractivity contribution is 0.0306. The fraction of sp³-hybridized carbons (Fsp3) is 0.333. The molecule has 3 heteroatoms. The molecule has 3 nitrogen and oxygen atoms in total. The topological polar surface area (TPSA) is 38.7 Å². The standard InChI is InChI=1S/C18H20O3/c1-20-15-10-4-5-11-16(15)21-17-12-6-8-13-7-2-3-9-14(13)18(17)19/h2-5,7,9-11,17-19H,6,8,12H2,1H3.